The summed E-state index contributed by atoms with van der Waals surface area (Å²) in [6.07, 6.45) is 5.60. The molecule has 0 saturated carbocycles. The second-order valence-corrected chi connectivity index (χ2v) is 5.80. The molecule has 1 aliphatic heterocycles. The number of carbonyl (C=O) groups is 3. The molecule has 7 nitrogen and oxygen atoms in total. The molecule has 0 saturated heterocycles. The number of nitrogens with one attached hydrogen (secondary N) is 3. The third-order valence-electron chi connectivity index (χ3n) is 3.81. The SMILES string of the molecule is COc1ccc2c(c1)NC(=O)C(C)NC(=O)CNC(=O)CCCC=C2. The number of hydrogen-bond donors (Lipinski definition) is 3. The predicted octanol–water partition coefficient (Wildman–Crippen LogP) is 1.45. The molecule has 0 bridgehead atoms. The highest BCUT2D eigenvalue weighted by Gasteiger charge is 2.17. The van der Waals surface area contributed by atoms with Gasteiger partial charge in [0.2, 0.25) is 17.7 Å². The van der Waals surface area contributed by atoms with Gasteiger partial charge < -0.3 is 20.7 Å². The van der Waals surface area contributed by atoms with Crippen molar-refractivity contribution in [3.8, 4) is 5.75 Å². The smallest absolute Gasteiger partial charge is 0.246 e. The Bertz CT molecular complexity index is 685. The number of anilines is 1. The van der Waals surface area contributed by atoms with Crippen LogP contribution in [-0.2, 0) is 14.4 Å². The van der Waals surface area contributed by atoms with E-state index >= 15 is 0 Å². The van der Waals surface area contributed by atoms with Crippen LogP contribution in [0.2, 0.25) is 0 Å². The van der Waals surface area contributed by atoms with Crippen LogP contribution in [0.25, 0.3) is 6.08 Å². The maximum absolute atomic E-state index is 12.3. The lowest BCUT2D eigenvalue weighted by atomic mass is 10.1. The summed E-state index contributed by atoms with van der Waals surface area (Å²) in [5, 5.41) is 7.92. The summed E-state index contributed by atoms with van der Waals surface area (Å²) >= 11 is 0. The number of allylic oxidation sites excluding steroid dienone is 1. The third kappa shape index (κ3) is 5.63. The molecule has 0 fully saturated rings. The molecule has 7 heteroatoms. The Hall–Kier alpha value is -2.83. The lowest BCUT2D eigenvalue weighted by Crippen LogP contribution is -2.45. The lowest BCUT2D eigenvalue weighted by molar-refractivity contribution is -0.128. The fourth-order valence-electron chi connectivity index (χ4n) is 2.37. The number of fused-ring (bicyclic) bond motifs is 1. The first-order chi connectivity index (χ1) is 12.0. The molecule has 1 heterocycles. The molecule has 2 rings (SSSR count). The highest BCUT2D eigenvalue weighted by atomic mass is 16.5. The average Bonchev–Trinajstić information content (AvgIpc) is 2.60. The zero-order valence-electron chi connectivity index (χ0n) is 14.4. The average molecular weight is 345 g/mol. The van der Waals surface area contributed by atoms with Gasteiger partial charge in [-0.2, -0.15) is 0 Å². The van der Waals surface area contributed by atoms with Crippen LogP contribution in [0, 0.1) is 0 Å². The summed E-state index contributed by atoms with van der Waals surface area (Å²) in [4.78, 5) is 35.8. The fraction of sp³-hybridized carbons (Fsp3) is 0.389. The van der Waals surface area contributed by atoms with E-state index in [4.69, 9.17) is 4.74 Å². The van der Waals surface area contributed by atoms with Crippen LogP contribution in [0.4, 0.5) is 5.69 Å². The van der Waals surface area contributed by atoms with Crippen LogP contribution in [0.5, 0.6) is 5.75 Å². The Morgan fingerprint density at radius 1 is 1.16 bits per heavy atom. The molecule has 1 aromatic carbocycles. The molecule has 1 unspecified atom stereocenters. The quantitative estimate of drug-likeness (QED) is 0.718. The maximum Gasteiger partial charge on any atom is 0.246 e. The van der Waals surface area contributed by atoms with Gasteiger partial charge in [0, 0.05) is 12.5 Å². The molecular weight excluding hydrogens is 322 g/mol. The van der Waals surface area contributed by atoms with Crippen molar-refractivity contribution in [3.63, 3.8) is 0 Å². The highest BCUT2D eigenvalue weighted by molar-refractivity contribution is 5.99. The zero-order valence-corrected chi connectivity index (χ0v) is 14.4. The van der Waals surface area contributed by atoms with Gasteiger partial charge in [0.15, 0.2) is 0 Å². The second-order valence-electron chi connectivity index (χ2n) is 5.80. The minimum atomic E-state index is -0.738. The van der Waals surface area contributed by atoms with Crippen LogP contribution in [0.15, 0.2) is 24.3 Å². The molecule has 3 amide bonds. The number of ether oxygens (including phenoxy) is 1. The number of hydrogen-bond acceptors (Lipinski definition) is 4. The third-order valence-corrected chi connectivity index (χ3v) is 3.81. The molecule has 0 aliphatic carbocycles. The number of amides is 3. The van der Waals surface area contributed by atoms with E-state index in [-0.39, 0.29) is 18.4 Å². The van der Waals surface area contributed by atoms with Crippen molar-refractivity contribution >= 4 is 29.5 Å². The van der Waals surface area contributed by atoms with Crippen LogP contribution in [0.3, 0.4) is 0 Å². The number of carbonyl (C=O) groups excluding carboxylic acids is 3. The zero-order chi connectivity index (χ0) is 18.2. The van der Waals surface area contributed by atoms with Crippen LogP contribution < -0.4 is 20.7 Å². The molecule has 134 valence electrons. The van der Waals surface area contributed by atoms with Gasteiger partial charge in [0.05, 0.1) is 19.3 Å². The van der Waals surface area contributed by atoms with Gasteiger partial charge >= 0.3 is 0 Å². The summed E-state index contributed by atoms with van der Waals surface area (Å²) in [5.74, 6) is -0.315. The Labute approximate surface area is 146 Å². The van der Waals surface area contributed by atoms with Gasteiger partial charge in [-0.1, -0.05) is 12.2 Å². The van der Waals surface area contributed by atoms with Crippen molar-refractivity contribution in [2.75, 3.05) is 19.0 Å². The molecule has 0 radical (unpaired) electrons. The van der Waals surface area contributed by atoms with Crippen LogP contribution >= 0.6 is 0 Å². The van der Waals surface area contributed by atoms with Crippen molar-refractivity contribution in [1.29, 1.82) is 0 Å². The van der Waals surface area contributed by atoms with Gasteiger partial charge in [0.25, 0.3) is 0 Å². The van der Waals surface area contributed by atoms with E-state index in [1.807, 2.05) is 24.3 Å². The van der Waals surface area contributed by atoms with Gasteiger partial charge in [-0.15, -0.1) is 0 Å². The van der Waals surface area contributed by atoms with Crippen LogP contribution in [0.1, 0.15) is 31.7 Å². The topological polar surface area (TPSA) is 96.5 Å². The van der Waals surface area contributed by atoms with E-state index < -0.39 is 11.9 Å². The van der Waals surface area contributed by atoms with Crippen molar-refractivity contribution in [2.45, 2.75) is 32.2 Å². The summed E-state index contributed by atoms with van der Waals surface area (Å²) in [6.45, 7) is 1.44. The van der Waals surface area contributed by atoms with Gasteiger partial charge in [-0.05, 0) is 37.5 Å². The van der Waals surface area contributed by atoms with Crippen molar-refractivity contribution in [1.82, 2.24) is 10.6 Å². The van der Waals surface area contributed by atoms with Crippen LogP contribution in [-0.4, -0.2) is 37.4 Å². The second kappa shape index (κ2) is 8.86. The van der Waals surface area contributed by atoms with Crippen molar-refractivity contribution < 1.29 is 19.1 Å². The minimum Gasteiger partial charge on any atom is -0.497 e. The van der Waals surface area contributed by atoms with E-state index in [0.717, 1.165) is 12.0 Å². The number of rotatable bonds is 1. The summed E-state index contributed by atoms with van der Waals surface area (Å²) in [5.41, 5.74) is 1.43. The van der Waals surface area contributed by atoms with Gasteiger partial charge in [-0.3, -0.25) is 14.4 Å². The molecule has 25 heavy (non-hydrogen) atoms. The molecule has 1 aliphatic rings. The first-order valence-corrected chi connectivity index (χ1v) is 8.21. The minimum absolute atomic E-state index is 0.142. The van der Waals surface area contributed by atoms with E-state index in [9.17, 15) is 14.4 Å². The molecule has 0 spiro atoms. The molecule has 1 atom stereocenters. The summed E-state index contributed by atoms with van der Waals surface area (Å²) in [6, 6.07) is 4.65. The van der Waals surface area contributed by atoms with Gasteiger partial charge in [0.1, 0.15) is 11.8 Å². The number of methoxy groups -OCH3 is 1. The Kier molecular flexibility index (Phi) is 6.56. The van der Waals surface area contributed by atoms with Gasteiger partial charge in [-0.25, -0.2) is 0 Å². The standard InChI is InChI=1S/C18H23N3O4/c1-12-18(24)21-15-10-14(25-2)9-8-13(15)6-4-3-5-7-16(22)19-11-17(23)20-12/h4,6,8-10,12H,3,5,7,11H2,1-2H3,(H,19,22)(H,20,23)(H,21,24). The Morgan fingerprint density at radius 3 is 2.72 bits per heavy atom. The number of benzene rings is 1. The van der Waals surface area contributed by atoms with E-state index in [2.05, 4.69) is 16.0 Å². The van der Waals surface area contributed by atoms with E-state index in [0.29, 0.717) is 24.3 Å². The lowest BCUT2D eigenvalue weighted by Gasteiger charge is -2.16. The monoisotopic (exact) mass is 345 g/mol. The normalized spacial score (nSPS) is 19.6. The molecular formula is C18H23N3O4. The predicted molar refractivity (Wildman–Crippen MR) is 95.1 cm³/mol. The largest absolute Gasteiger partial charge is 0.497 e. The molecule has 3 N–H and O–H groups in total. The fourth-order valence-corrected chi connectivity index (χ4v) is 2.37. The van der Waals surface area contributed by atoms with E-state index in [1.54, 1.807) is 20.1 Å². The summed E-state index contributed by atoms with van der Waals surface area (Å²) in [7, 11) is 1.55. The molecule has 0 aromatic heterocycles. The first kappa shape index (κ1) is 18.5. The van der Waals surface area contributed by atoms with Crippen molar-refractivity contribution in [2.24, 2.45) is 0 Å². The summed E-state index contributed by atoms with van der Waals surface area (Å²) < 4.78 is 5.21. The Balaban J connectivity index is 2.25. The molecule has 1 aromatic rings. The first-order valence-electron chi connectivity index (χ1n) is 8.21. The van der Waals surface area contributed by atoms with E-state index in [1.165, 1.54) is 0 Å². The maximum atomic E-state index is 12.3. The highest BCUT2D eigenvalue weighted by Crippen LogP contribution is 2.24. The van der Waals surface area contributed by atoms with Crippen molar-refractivity contribution in [3.05, 3.63) is 29.8 Å². The Morgan fingerprint density at radius 2 is 1.96 bits per heavy atom.